The van der Waals surface area contributed by atoms with Crippen molar-refractivity contribution < 1.29 is 15.0 Å². The summed E-state index contributed by atoms with van der Waals surface area (Å²) in [5.41, 5.74) is -0.764. The van der Waals surface area contributed by atoms with Crippen molar-refractivity contribution in [3.05, 3.63) is 30.1 Å². The summed E-state index contributed by atoms with van der Waals surface area (Å²) in [6.07, 6.45) is 10.5. The molecule has 26 heavy (non-hydrogen) atoms. The fourth-order valence-electron chi connectivity index (χ4n) is 2.67. The van der Waals surface area contributed by atoms with Gasteiger partial charge in [-0.25, -0.2) is 0 Å². The highest BCUT2D eigenvalue weighted by Gasteiger charge is 2.38. The quantitative estimate of drug-likeness (QED) is 0.479. The number of nitrogens with zero attached hydrogens (tertiary/aromatic N) is 1. The van der Waals surface area contributed by atoms with Crippen LogP contribution in [0.4, 0.5) is 0 Å². The fraction of sp³-hybridized carbons (Fsp3) is 0.714. The molecule has 0 saturated carbocycles. The number of pyridine rings is 1. The van der Waals surface area contributed by atoms with Gasteiger partial charge in [-0.15, -0.1) is 0 Å². The molecule has 1 aromatic heterocycles. The first-order valence-corrected chi connectivity index (χ1v) is 9.98. The highest BCUT2D eigenvalue weighted by atomic mass is 16.4. The maximum Gasteiger partial charge on any atom is 0.309 e. The maximum atomic E-state index is 11.2. The second kappa shape index (κ2) is 14.7. The van der Waals surface area contributed by atoms with Gasteiger partial charge < -0.3 is 15.5 Å². The van der Waals surface area contributed by atoms with E-state index in [0.717, 1.165) is 12.8 Å². The molecule has 0 spiro atoms. The summed E-state index contributed by atoms with van der Waals surface area (Å²) >= 11 is 0. The molecule has 0 amide bonds. The third-order valence-corrected chi connectivity index (χ3v) is 4.50. The van der Waals surface area contributed by atoms with E-state index in [-0.39, 0.29) is 0 Å². The summed E-state index contributed by atoms with van der Waals surface area (Å²) in [6, 6.07) is 3.31. The Labute approximate surface area is 159 Å². The van der Waals surface area contributed by atoms with Crippen LogP contribution >= 0.6 is 0 Å². The van der Waals surface area contributed by atoms with E-state index in [0.29, 0.717) is 12.0 Å². The largest absolute Gasteiger partial charge is 0.481 e. The molecule has 1 heterocycles. The van der Waals surface area contributed by atoms with Gasteiger partial charge in [0, 0.05) is 12.4 Å². The van der Waals surface area contributed by atoms with Crippen LogP contribution in [0.1, 0.15) is 78.2 Å². The van der Waals surface area contributed by atoms with Crippen molar-refractivity contribution in [2.75, 3.05) is 13.1 Å². The minimum Gasteiger partial charge on any atom is -0.481 e. The van der Waals surface area contributed by atoms with E-state index in [1.165, 1.54) is 38.8 Å². The van der Waals surface area contributed by atoms with Crippen LogP contribution in [0.2, 0.25) is 0 Å². The lowest BCUT2D eigenvalue weighted by molar-refractivity contribution is -0.152. The van der Waals surface area contributed by atoms with Crippen LogP contribution in [0.25, 0.3) is 0 Å². The van der Waals surface area contributed by atoms with Crippen LogP contribution in [0, 0.1) is 5.92 Å². The average Bonchev–Trinajstić information content (AvgIpc) is 2.63. The van der Waals surface area contributed by atoms with Crippen molar-refractivity contribution in [1.29, 1.82) is 0 Å². The van der Waals surface area contributed by atoms with Gasteiger partial charge >= 0.3 is 5.97 Å². The highest BCUT2D eigenvalue weighted by Crippen LogP contribution is 2.32. The molecule has 0 aliphatic heterocycles. The van der Waals surface area contributed by atoms with Gasteiger partial charge in [0.05, 0.1) is 5.92 Å². The number of aromatic nitrogens is 1. The van der Waals surface area contributed by atoms with E-state index in [9.17, 15) is 15.0 Å². The van der Waals surface area contributed by atoms with Gasteiger partial charge in [-0.05, 0) is 57.0 Å². The molecule has 0 aromatic carbocycles. The minimum atomic E-state index is -1.36. The van der Waals surface area contributed by atoms with Crippen LogP contribution < -0.4 is 5.32 Å². The summed E-state index contributed by atoms with van der Waals surface area (Å²) in [5, 5.41) is 23.0. The van der Waals surface area contributed by atoms with E-state index < -0.39 is 17.5 Å². The zero-order valence-corrected chi connectivity index (χ0v) is 17.0. The number of nitrogens with one attached hydrogen (secondary N) is 1. The number of carboxylic acid groups (broad SMARTS) is 1. The third-order valence-electron chi connectivity index (χ3n) is 4.50. The van der Waals surface area contributed by atoms with Gasteiger partial charge in [-0.2, -0.15) is 0 Å². The predicted octanol–water partition coefficient (Wildman–Crippen LogP) is 4.36. The molecule has 3 N–H and O–H groups in total. The van der Waals surface area contributed by atoms with Crippen molar-refractivity contribution in [3.63, 3.8) is 0 Å². The monoisotopic (exact) mass is 366 g/mol. The van der Waals surface area contributed by atoms with E-state index in [1.54, 1.807) is 31.5 Å². The highest BCUT2D eigenvalue weighted by molar-refractivity contribution is 5.71. The molecule has 5 nitrogen and oxygen atoms in total. The van der Waals surface area contributed by atoms with Crippen molar-refractivity contribution in [2.45, 2.75) is 78.2 Å². The summed E-state index contributed by atoms with van der Waals surface area (Å²) in [4.78, 5) is 15.1. The van der Waals surface area contributed by atoms with Gasteiger partial charge in [-0.1, -0.05) is 46.5 Å². The second-order valence-electron chi connectivity index (χ2n) is 6.87. The lowest BCUT2D eigenvalue weighted by atomic mass is 9.80. The van der Waals surface area contributed by atoms with Gasteiger partial charge in [0.1, 0.15) is 5.60 Å². The lowest BCUT2D eigenvalue weighted by Gasteiger charge is -2.30. The van der Waals surface area contributed by atoms with Gasteiger partial charge in [0.15, 0.2) is 0 Å². The van der Waals surface area contributed by atoms with Crippen LogP contribution in [-0.4, -0.2) is 34.3 Å². The predicted molar refractivity (Wildman–Crippen MR) is 107 cm³/mol. The summed E-state index contributed by atoms with van der Waals surface area (Å²) in [6.45, 7) is 10.4. The van der Waals surface area contributed by atoms with Gasteiger partial charge in [0.2, 0.25) is 0 Å². The first-order chi connectivity index (χ1) is 12.4. The topological polar surface area (TPSA) is 82.5 Å². The fourth-order valence-corrected chi connectivity index (χ4v) is 2.67. The molecule has 0 aliphatic rings. The number of carboxylic acids is 1. The van der Waals surface area contributed by atoms with E-state index in [1.807, 2.05) is 6.92 Å². The molecule has 5 heteroatoms. The molecular weight excluding hydrogens is 328 g/mol. The van der Waals surface area contributed by atoms with Gasteiger partial charge in [-0.3, -0.25) is 9.78 Å². The van der Waals surface area contributed by atoms with E-state index >= 15 is 0 Å². The summed E-state index contributed by atoms with van der Waals surface area (Å²) < 4.78 is 0. The standard InChI is InChI=1S/C13H19NO3.C8H19N/c1-3-4-5-11(12(15)16)13(2,17)10-6-8-14-9-7-10;1-3-5-7-9-8-6-4-2/h6-9,11,17H,3-5H2,1-2H3,(H,15,16);9H,3-8H2,1-2H3. The zero-order chi connectivity index (χ0) is 19.8. The normalized spacial score (nSPS) is 14.0. The molecule has 2 unspecified atom stereocenters. The number of aliphatic carboxylic acids is 1. The maximum absolute atomic E-state index is 11.2. The molecule has 0 saturated heterocycles. The van der Waals surface area contributed by atoms with E-state index in [4.69, 9.17) is 0 Å². The van der Waals surface area contributed by atoms with Crippen LogP contribution in [0.15, 0.2) is 24.5 Å². The second-order valence-corrected chi connectivity index (χ2v) is 6.87. The lowest BCUT2D eigenvalue weighted by Crippen LogP contribution is -2.37. The Morgan fingerprint density at radius 3 is 2.00 bits per heavy atom. The third kappa shape index (κ3) is 9.88. The van der Waals surface area contributed by atoms with E-state index in [2.05, 4.69) is 24.1 Å². The first kappa shape index (κ1) is 24.5. The summed E-state index contributed by atoms with van der Waals surface area (Å²) in [7, 11) is 0. The van der Waals surface area contributed by atoms with Crippen molar-refractivity contribution >= 4 is 5.97 Å². The molecule has 0 bridgehead atoms. The minimum absolute atomic E-state index is 0.473. The van der Waals surface area contributed by atoms with Gasteiger partial charge in [0.25, 0.3) is 0 Å². The Hall–Kier alpha value is -1.46. The zero-order valence-electron chi connectivity index (χ0n) is 17.0. The molecule has 2 atom stereocenters. The van der Waals surface area contributed by atoms with Crippen molar-refractivity contribution in [1.82, 2.24) is 10.3 Å². The number of rotatable bonds is 12. The number of unbranched alkanes of at least 4 members (excludes halogenated alkanes) is 3. The molecule has 1 aromatic rings. The Kier molecular flexibility index (Phi) is 13.9. The molecule has 0 aliphatic carbocycles. The Bertz CT molecular complexity index is 458. The number of carbonyl (C=O) groups is 1. The molecule has 150 valence electrons. The molecular formula is C21H38N2O3. The number of aliphatic hydroxyl groups is 1. The molecule has 0 fully saturated rings. The van der Waals surface area contributed by atoms with Crippen LogP contribution in [0.5, 0.6) is 0 Å². The van der Waals surface area contributed by atoms with Crippen LogP contribution in [0.3, 0.4) is 0 Å². The SMILES string of the molecule is CCCCC(C(=O)O)C(C)(O)c1ccncc1.CCCCNCCCC. The molecule has 0 radical (unpaired) electrons. The number of hydrogen-bond acceptors (Lipinski definition) is 4. The Morgan fingerprint density at radius 1 is 1.08 bits per heavy atom. The average molecular weight is 367 g/mol. The Balaban J connectivity index is 0.000000590. The van der Waals surface area contributed by atoms with Crippen LogP contribution in [-0.2, 0) is 10.4 Å². The first-order valence-electron chi connectivity index (χ1n) is 9.98. The smallest absolute Gasteiger partial charge is 0.309 e. The van der Waals surface area contributed by atoms with Crippen molar-refractivity contribution in [2.24, 2.45) is 5.92 Å². The summed E-state index contributed by atoms with van der Waals surface area (Å²) in [5.74, 6) is -1.75. The number of hydrogen-bond donors (Lipinski definition) is 3. The molecule has 1 rings (SSSR count). The Morgan fingerprint density at radius 2 is 1.58 bits per heavy atom. The van der Waals surface area contributed by atoms with Crippen molar-refractivity contribution in [3.8, 4) is 0 Å².